The van der Waals surface area contributed by atoms with Crippen molar-refractivity contribution in [2.75, 3.05) is 12.4 Å². The van der Waals surface area contributed by atoms with Crippen LogP contribution in [-0.2, 0) is 16.0 Å². The molecule has 0 unspecified atom stereocenters. The van der Waals surface area contributed by atoms with Crippen molar-refractivity contribution < 1.29 is 19.1 Å². The molecule has 28 heavy (non-hydrogen) atoms. The minimum Gasteiger partial charge on any atom is -0.493 e. The summed E-state index contributed by atoms with van der Waals surface area (Å²) in [7, 11) is 1.49. The number of carbonyl (C=O) groups excluding carboxylic acids is 2. The van der Waals surface area contributed by atoms with Crippen LogP contribution in [0, 0.1) is 0 Å². The molecule has 5 heteroatoms. The van der Waals surface area contributed by atoms with E-state index in [0.717, 1.165) is 22.4 Å². The van der Waals surface area contributed by atoms with Crippen molar-refractivity contribution in [2.24, 2.45) is 0 Å². The molecule has 3 aromatic rings. The number of carbonyl (C=O) groups is 2. The Kier molecular flexibility index (Phi) is 6.07. The molecule has 0 heterocycles. The molecular weight excluding hydrogens is 354 g/mol. The van der Waals surface area contributed by atoms with Gasteiger partial charge in [0.2, 0.25) is 5.91 Å². The Hall–Kier alpha value is -3.60. The lowest BCUT2D eigenvalue weighted by atomic mass is 10.1. The summed E-state index contributed by atoms with van der Waals surface area (Å²) in [5.41, 5.74) is 3.61. The highest BCUT2D eigenvalue weighted by Crippen LogP contribution is 2.28. The van der Waals surface area contributed by atoms with E-state index in [1.54, 1.807) is 18.2 Å². The second kappa shape index (κ2) is 8.86. The third kappa shape index (κ3) is 4.98. The molecule has 0 spiro atoms. The van der Waals surface area contributed by atoms with Crippen LogP contribution in [0.4, 0.5) is 5.69 Å². The molecule has 142 valence electrons. The standard InChI is InChI=1S/C23H21NO4/c1-16(25)28-21-12-11-17(13-22(21)27-2)14-23(26)24-20-10-6-9-19(15-20)18-7-4-3-5-8-18/h3-13,15H,14H2,1-2H3,(H,24,26). The summed E-state index contributed by atoms with van der Waals surface area (Å²) in [5, 5.41) is 2.92. The Morgan fingerprint density at radius 3 is 2.32 bits per heavy atom. The maximum Gasteiger partial charge on any atom is 0.308 e. The molecule has 0 saturated carbocycles. The van der Waals surface area contributed by atoms with Crippen LogP contribution in [0.25, 0.3) is 11.1 Å². The molecule has 0 fully saturated rings. The van der Waals surface area contributed by atoms with Crippen molar-refractivity contribution in [3.8, 4) is 22.6 Å². The van der Waals surface area contributed by atoms with Gasteiger partial charge >= 0.3 is 5.97 Å². The topological polar surface area (TPSA) is 64.6 Å². The number of hydrogen-bond acceptors (Lipinski definition) is 4. The minimum atomic E-state index is -0.429. The van der Waals surface area contributed by atoms with E-state index < -0.39 is 5.97 Å². The Morgan fingerprint density at radius 1 is 0.857 bits per heavy atom. The number of ether oxygens (including phenoxy) is 2. The van der Waals surface area contributed by atoms with E-state index in [9.17, 15) is 9.59 Å². The number of hydrogen-bond donors (Lipinski definition) is 1. The molecule has 5 nitrogen and oxygen atoms in total. The molecule has 3 aromatic carbocycles. The van der Waals surface area contributed by atoms with E-state index in [-0.39, 0.29) is 12.3 Å². The van der Waals surface area contributed by atoms with E-state index in [2.05, 4.69) is 5.32 Å². The van der Waals surface area contributed by atoms with Crippen LogP contribution < -0.4 is 14.8 Å². The van der Waals surface area contributed by atoms with Crippen molar-refractivity contribution in [3.63, 3.8) is 0 Å². The molecule has 0 aromatic heterocycles. The maximum absolute atomic E-state index is 12.5. The largest absolute Gasteiger partial charge is 0.493 e. The van der Waals surface area contributed by atoms with Crippen LogP contribution in [0.1, 0.15) is 12.5 Å². The second-order valence-electron chi connectivity index (χ2n) is 6.25. The molecule has 1 N–H and O–H groups in total. The lowest BCUT2D eigenvalue weighted by Crippen LogP contribution is -2.14. The summed E-state index contributed by atoms with van der Waals surface area (Å²) in [5.74, 6) is 0.163. The molecule has 0 radical (unpaired) electrons. The predicted molar refractivity (Wildman–Crippen MR) is 109 cm³/mol. The molecule has 0 aliphatic rings. The molecule has 1 amide bonds. The van der Waals surface area contributed by atoms with Crippen molar-refractivity contribution in [1.82, 2.24) is 0 Å². The van der Waals surface area contributed by atoms with Gasteiger partial charge in [-0.3, -0.25) is 9.59 Å². The highest BCUT2D eigenvalue weighted by molar-refractivity contribution is 5.93. The van der Waals surface area contributed by atoms with Crippen molar-refractivity contribution >= 4 is 17.6 Å². The summed E-state index contributed by atoms with van der Waals surface area (Å²) in [4.78, 5) is 23.6. The number of anilines is 1. The van der Waals surface area contributed by atoms with Gasteiger partial charge in [0, 0.05) is 12.6 Å². The first-order chi connectivity index (χ1) is 13.5. The molecule has 3 rings (SSSR count). The summed E-state index contributed by atoms with van der Waals surface area (Å²) >= 11 is 0. The van der Waals surface area contributed by atoms with Gasteiger partial charge in [-0.1, -0.05) is 48.5 Å². The highest BCUT2D eigenvalue weighted by atomic mass is 16.6. The first-order valence-electron chi connectivity index (χ1n) is 8.86. The monoisotopic (exact) mass is 375 g/mol. The summed E-state index contributed by atoms with van der Waals surface area (Å²) in [6.07, 6.45) is 0.173. The molecule has 0 bridgehead atoms. The van der Waals surface area contributed by atoms with E-state index in [4.69, 9.17) is 9.47 Å². The van der Waals surface area contributed by atoms with Crippen LogP contribution in [-0.4, -0.2) is 19.0 Å². The predicted octanol–water partition coefficient (Wildman–Crippen LogP) is 4.47. The van der Waals surface area contributed by atoms with Crippen LogP contribution in [0.2, 0.25) is 0 Å². The number of amides is 1. The molecule has 0 saturated heterocycles. The van der Waals surface area contributed by atoms with Gasteiger partial charge < -0.3 is 14.8 Å². The fraction of sp³-hybridized carbons (Fsp3) is 0.130. The van der Waals surface area contributed by atoms with Gasteiger partial charge in [0.25, 0.3) is 0 Å². The average Bonchev–Trinajstić information content (AvgIpc) is 2.69. The van der Waals surface area contributed by atoms with Crippen LogP contribution in [0.3, 0.4) is 0 Å². The van der Waals surface area contributed by atoms with Gasteiger partial charge in [0.15, 0.2) is 11.5 Å². The Bertz CT molecular complexity index is 983. The van der Waals surface area contributed by atoms with Crippen molar-refractivity contribution in [1.29, 1.82) is 0 Å². The van der Waals surface area contributed by atoms with E-state index in [1.165, 1.54) is 14.0 Å². The Labute approximate surface area is 163 Å². The minimum absolute atomic E-state index is 0.146. The van der Waals surface area contributed by atoms with Gasteiger partial charge in [-0.05, 0) is 41.0 Å². The van der Waals surface area contributed by atoms with E-state index >= 15 is 0 Å². The molecule has 0 atom stereocenters. The normalized spacial score (nSPS) is 10.2. The fourth-order valence-electron chi connectivity index (χ4n) is 2.86. The molecular formula is C23H21NO4. The number of esters is 1. The third-order valence-electron chi connectivity index (χ3n) is 4.10. The lowest BCUT2D eigenvalue weighted by molar-refractivity contribution is -0.132. The Balaban J connectivity index is 1.70. The first-order valence-corrected chi connectivity index (χ1v) is 8.86. The van der Waals surface area contributed by atoms with Crippen molar-refractivity contribution in [3.05, 3.63) is 78.4 Å². The fourth-order valence-corrected chi connectivity index (χ4v) is 2.86. The Morgan fingerprint density at radius 2 is 1.61 bits per heavy atom. The quantitative estimate of drug-likeness (QED) is 0.510. The number of methoxy groups -OCH3 is 1. The zero-order chi connectivity index (χ0) is 19.9. The van der Waals surface area contributed by atoms with Gasteiger partial charge in [0.1, 0.15) is 0 Å². The zero-order valence-corrected chi connectivity index (χ0v) is 15.8. The zero-order valence-electron chi connectivity index (χ0n) is 15.8. The summed E-state index contributed by atoms with van der Waals surface area (Å²) in [6, 6.07) is 22.7. The second-order valence-corrected chi connectivity index (χ2v) is 6.25. The van der Waals surface area contributed by atoms with Crippen molar-refractivity contribution in [2.45, 2.75) is 13.3 Å². The van der Waals surface area contributed by atoms with Gasteiger partial charge in [-0.15, -0.1) is 0 Å². The van der Waals surface area contributed by atoms with Gasteiger partial charge in [-0.25, -0.2) is 0 Å². The van der Waals surface area contributed by atoms with Crippen LogP contribution in [0.15, 0.2) is 72.8 Å². The smallest absolute Gasteiger partial charge is 0.308 e. The molecule has 0 aliphatic carbocycles. The average molecular weight is 375 g/mol. The third-order valence-corrected chi connectivity index (χ3v) is 4.10. The molecule has 0 aliphatic heterocycles. The van der Waals surface area contributed by atoms with Gasteiger partial charge in [0.05, 0.1) is 13.5 Å². The summed E-state index contributed by atoms with van der Waals surface area (Å²) < 4.78 is 10.3. The number of nitrogens with one attached hydrogen (secondary N) is 1. The van der Waals surface area contributed by atoms with Crippen LogP contribution in [0.5, 0.6) is 11.5 Å². The maximum atomic E-state index is 12.5. The van der Waals surface area contributed by atoms with E-state index in [0.29, 0.717) is 11.5 Å². The first kappa shape index (κ1) is 19.2. The van der Waals surface area contributed by atoms with Gasteiger partial charge in [-0.2, -0.15) is 0 Å². The number of rotatable bonds is 6. The highest BCUT2D eigenvalue weighted by Gasteiger charge is 2.11. The SMILES string of the molecule is COc1cc(CC(=O)Nc2cccc(-c3ccccc3)c2)ccc1OC(C)=O. The number of benzene rings is 3. The van der Waals surface area contributed by atoms with E-state index in [1.807, 2.05) is 54.6 Å². The van der Waals surface area contributed by atoms with Crippen LogP contribution >= 0.6 is 0 Å². The lowest BCUT2D eigenvalue weighted by Gasteiger charge is -2.11. The summed E-state index contributed by atoms with van der Waals surface area (Å²) in [6.45, 7) is 1.32.